The van der Waals surface area contributed by atoms with Gasteiger partial charge in [-0.05, 0) is 31.0 Å². The van der Waals surface area contributed by atoms with Gasteiger partial charge >= 0.3 is 5.97 Å². The number of methoxy groups -OCH3 is 1. The van der Waals surface area contributed by atoms with Gasteiger partial charge in [0.05, 0.1) is 12.5 Å². The van der Waals surface area contributed by atoms with Crippen molar-refractivity contribution in [2.24, 2.45) is 5.41 Å². The van der Waals surface area contributed by atoms with Gasteiger partial charge in [0.15, 0.2) is 11.6 Å². The van der Waals surface area contributed by atoms with Gasteiger partial charge in [-0.3, -0.25) is 9.59 Å². The van der Waals surface area contributed by atoms with Crippen LogP contribution in [0, 0.1) is 11.2 Å². The standard InChI is InChI=1S/C13H14FNO4/c1-19-10-3-2-8(6-9(10)14)11(16)15-7-13(4-5-13)12(17)18/h2-3,6H,4-5,7H2,1H3,(H,15,16)(H,17,18). The third-order valence-electron chi connectivity index (χ3n) is 3.31. The van der Waals surface area contributed by atoms with E-state index in [-0.39, 0.29) is 17.9 Å². The summed E-state index contributed by atoms with van der Waals surface area (Å²) in [5.74, 6) is -1.97. The van der Waals surface area contributed by atoms with Crippen LogP contribution < -0.4 is 10.1 Å². The van der Waals surface area contributed by atoms with Crippen LogP contribution in [0.5, 0.6) is 5.75 Å². The van der Waals surface area contributed by atoms with Crippen molar-refractivity contribution in [3.05, 3.63) is 29.6 Å². The number of ether oxygens (including phenoxy) is 1. The normalized spacial score (nSPS) is 15.7. The number of amides is 1. The summed E-state index contributed by atoms with van der Waals surface area (Å²) in [7, 11) is 1.34. The van der Waals surface area contributed by atoms with Crippen molar-refractivity contribution in [2.75, 3.05) is 13.7 Å². The molecule has 5 nitrogen and oxygen atoms in total. The fourth-order valence-electron chi connectivity index (χ4n) is 1.78. The zero-order valence-corrected chi connectivity index (χ0v) is 10.4. The summed E-state index contributed by atoms with van der Waals surface area (Å²) in [6.07, 6.45) is 1.11. The minimum Gasteiger partial charge on any atom is -0.494 e. The molecule has 102 valence electrons. The molecule has 1 aliphatic carbocycles. The average Bonchev–Trinajstić information content (AvgIpc) is 3.17. The van der Waals surface area contributed by atoms with Crippen LogP contribution in [0.1, 0.15) is 23.2 Å². The molecule has 0 aliphatic heterocycles. The quantitative estimate of drug-likeness (QED) is 0.846. The second kappa shape index (κ2) is 4.87. The van der Waals surface area contributed by atoms with Crippen LogP contribution in [0.15, 0.2) is 18.2 Å². The lowest BCUT2D eigenvalue weighted by molar-refractivity contribution is -0.143. The Labute approximate surface area is 109 Å². The summed E-state index contributed by atoms with van der Waals surface area (Å²) in [5.41, 5.74) is -0.694. The summed E-state index contributed by atoms with van der Waals surface area (Å²) in [5, 5.41) is 11.5. The first-order valence-corrected chi connectivity index (χ1v) is 5.84. The van der Waals surface area contributed by atoms with E-state index in [1.807, 2.05) is 0 Å². The Morgan fingerprint density at radius 3 is 2.63 bits per heavy atom. The van der Waals surface area contributed by atoms with Crippen molar-refractivity contribution in [3.8, 4) is 5.75 Å². The number of halogens is 1. The lowest BCUT2D eigenvalue weighted by atomic mass is 10.1. The van der Waals surface area contributed by atoms with E-state index in [1.54, 1.807) is 0 Å². The first-order chi connectivity index (χ1) is 8.98. The van der Waals surface area contributed by atoms with E-state index in [1.165, 1.54) is 19.2 Å². The topological polar surface area (TPSA) is 75.6 Å². The molecule has 0 bridgehead atoms. The van der Waals surface area contributed by atoms with E-state index in [0.717, 1.165) is 6.07 Å². The van der Waals surface area contributed by atoms with E-state index in [4.69, 9.17) is 9.84 Å². The van der Waals surface area contributed by atoms with E-state index >= 15 is 0 Å². The first-order valence-electron chi connectivity index (χ1n) is 5.84. The summed E-state index contributed by atoms with van der Waals surface area (Å²) >= 11 is 0. The van der Waals surface area contributed by atoms with Crippen molar-refractivity contribution < 1.29 is 23.8 Å². The number of carboxylic acid groups (broad SMARTS) is 1. The summed E-state index contributed by atoms with van der Waals surface area (Å²) < 4.78 is 18.2. The molecule has 0 unspecified atom stereocenters. The molecule has 0 saturated heterocycles. The molecule has 1 saturated carbocycles. The monoisotopic (exact) mass is 267 g/mol. The Morgan fingerprint density at radius 1 is 1.47 bits per heavy atom. The zero-order valence-electron chi connectivity index (χ0n) is 10.4. The molecule has 2 rings (SSSR count). The Balaban J connectivity index is 2.01. The third kappa shape index (κ3) is 2.67. The van der Waals surface area contributed by atoms with Gasteiger partial charge in [0.2, 0.25) is 0 Å². The van der Waals surface area contributed by atoms with Crippen LogP contribution in [0.25, 0.3) is 0 Å². The maximum absolute atomic E-state index is 13.4. The molecule has 1 aromatic carbocycles. The maximum atomic E-state index is 13.4. The van der Waals surface area contributed by atoms with Gasteiger partial charge in [0.25, 0.3) is 5.91 Å². The number of carbonyl (C=O) groups excluding carboxylic acids is 1. The van der Waals surface area contributed by atoms with Gasteiger partial charge in [0, 0.05) is 12.1 Å². The molecule has 1 amide bonds. The highest BCUT2D eigenvalue weighted by Gasteiger charge is 2.50. The Bertz CT molecular complexity index is 525. The van der Waals surface area contributed by atoms with Gasteiger partial charge in [-0.15, -0.1) is 0 Å². The summed E-state index contributed by atoms with van der Waals surface area (Å²) in [4.78, 5) is 22.7. The third-order valence-corrected chi connectivity index (χ3v) is 3.31. The minimum absolute atomic E-state index is 0.0562. The summed E-state index contributed by atoms with van der Waals surface area (Å²) in [6, 6.07) is 3.85. The van der Waals surface area contributed by atoms with E-state index < -0.39 is 23.1 Å². The Kier molecular flexibility index (Phi) is 3.42. The predicted molar refractivity (Wildman–Crippen MR) is 64.6 cm³/mol. The molecule has 6 heteroatoms. The largest absolute Gasteiger partial charge is 0.494 e. The fraction of sp³-hybridized carbons (Fsp3) is 0.385. The molecule has 1 aliphatic rings. The maximum Gasteiger partial charge on any atom is 0.311 e. The molecule has 2 N–H and O–H groups in total. The lowest BCUT2D eigenvalue weighted by Crippen LogP contribution is -2.34. The average molecular weight is 267 g/mol. The van der Waals surface area contributed by atoms with Crippen LogP contribution in [-0.2, 0) is 4.79 Å². The summed E-state index contributed by atoms with van der Waals surface area (Å²) in [6.45, 7) is 0.0643. The predicted octanol–water partition coefficient (Wildman–Crippen LogP) is 1.43. The Morgan fingerprint density at radius 2 is 2.16 bits per heavy atom. The molecule has 1 fully saturated rings. The number of aliphatic carboxylic acids is 1. The van der Waals surface area contributed by atoms with Gasteiger partial charge in [-0.25, -0.2) is 4.39 Å². The number of carbonyl (C=O) groups is 2. The van der Waals surface area contributed by atoms with Gasteiger partial charge < -0.3 is 15.2 Å². The smallest absolute Gasteiger partial charge is 0.311 e. The number of hydrogen-bond donors (Lipinski definition) is 2. The first kappa shape index (κ1) is 13.3. The highest BCUT2D eigenvalue weighted by molar-refractivity contribution is 5.94. The van der Waals surface area contributed by atoms with Crippen molar-refractivity contribution in [1.29, 1.82) is 0 Å². The van der Waals surface area contributed by atoms with Crippen LogP contribution in [-0.4, -0.2) is 30.6 Å². The minimum atomic E-state index is -0.909. The van der Waals surface area contributed by atoms with Crippen molar-refractivity contribution in [2.45, 2.75) is 12.8 Å². The van der Waals surface area contributed by atoms with E-state index in [0.29, 0.717) is 12.8 Å². The zero-order chi connectivity index (χ0) is 14.0. The molecule has 1 aromatic rings. The van der Waals surface area contributed by atoms with Crippen LogP contribution in [0.2, 0.25) is 0 Å². The molecule has 19 heavy (non-hydrogen) atoms. The number of benzene rings is 1. The number of carboxylic acids is 1. The molecule has 0 aromatic heterocycles. The van der Waals surface area contributed by atoms with Gasteiger partial charge in [-0.1, -0.05) is 0 Å². The molecule has 0 atom stereocenters. The molecular formula is C13H14FNO4. The SMILES string of the molecule is COc1ccc(C(=O)NCC2(C(=O)O)CC2)cc1F. The van der Waals surface area contributed by atoms with E-state index in [2.05, 4.69) is 5.32 Å². The van der Waals surface area contributed by atoms with Crippen LogP contribution >= 0.6 is 0 Å². The second-order valence-electron chi connectivity index (χ2n) is 4.62. The van der Waals surface area contributed by atoms with Crippen molar-refractivity contribution in [1.82, 2.24) is 5.32 Å². The van der Waals surface area contributed by atoms with Crippen LogP contribution in [0.4, 0.5) is 4.39 Å². The molecule has 0 heterocycles. The van der Waals surface area contributed by atoms with E-state index in [9.17, 15) is 14.0 Å². The Hall–Kier alpha value is -2.11. The van der Waals surface area contributed by atoms with Crippen molar-refractivity contribution in [3.63, 3.8) is 0 Å². The lowest BCUT2D eigenvalue weighted by Gasteiger charge is -2.11. The van der Waals surface area contributed by atoms with Crippen molar-refractivity contribution >= 4 is 11.9 Å². The fourth-order valence-corrected chi connectivity index (χ4v) is 1.78. The second-order valence-corrected chi connectivity index (χ2v) is 4.62. The number of nitrogens with one attached hydrogen (secondary N) is 1. The molecule has 0 radical (unpaired) electrons. The molecular weight excluding hydrogens is 253 g/mol. The van der Waals surface area contributed by atoms with Gasteiger partial charge in [-0.2, -0.15) is 0 Å². The highest BCUT2D eigenvalue weighted by Crippen LogP contribution is 2.45. The molecule has 0 spiro atoms. The number of rotatable bonds is 5. The highest BCUT2D eigenvalue weighted by atomic mass is 19.1. The number of hydrogen-bond acceptors (Lipinski definition) is 3. The van der Waals surface area contributed by atoms with Crippen LogP contribution in [0.3, 0.4) is 0 Å². The van der Waals surface area contributed by atoms with Gasteiger partial charge in [0.1, 0.15) is 0 Å².